The predicted molar refractivity (Wildman–Crippen MR) is 96.1 cm³/mol. The monoisotopic (exact) mass is 411 g/mol. The molecule has 2 aromatic carbocycles. The summed E-state index contributed by atoms with van der Waals surface area (Å²) in [5, 5.41) is 11.0. The Morgan fingerprint density at radius 3 is 2.46 bits per heavy atom. The fourth-order valence-electron chi connectivity index (χ4n) is 2.85. The molecule has 0 aromatic heterocycles. The summed E-state index contributed by atoms with van der Waals surface area (Å²) in [7, 11) is -3.56. The summed E-state index contributed by atoms with van der Waals surface area (Å²) in [5.41, 5.74) is 1.03. The Bertz CT molecular complexity index is 778. The van der Waals surface area contributed by atoms with Gasteiger partial charge in [-0.2, -0.15) is 0 Å². The van der Waals surface area contributed by atoms with E-state index >= 15 is 0 Å². The summed E-state index contributed by atoms with van der Waals surface area (Å²) in [4.78, 5) is 0.305. The van der Waals surface area contributed by atoms with E-state index < -0.39 is 16.1 Å². The van der Waals surface area contributed by atoms with E-state index in [0.29, 0.717) is 23.2 Å². The van der Waals surface area contributed by atoms with Crippen molar-refractivity contribution in [1.29, 1.82) is 0 Å². The zero-order valence-electron chi connectivity index (χ0n) is 13.5. The number of aliphatic hydroxyl groups excluding tert-OH is 1. The molecular formula is C18H21NO3SSe. The second kappa shape index (κ2) is 7.38. The van der Waals surface area contributed by atoms with Crippen LogP contribution < -0.4 is 4.46 Å². The van der Waals surface area contributed by atoms with E-state index in [0.717, 1.165) is 5.56 Å². The van der Waals surface area contributed by atoms with Crippen LogP contribution in [0.1, 0.15) is 12.0 Å². The molecule has 1 fully saturated rings. The van der Waals surface area contributed by atoms with Crippen molar-refractivity contribution in [2.45, 2.75) is 35.7 Å². The first-order chi connectivity index (χ1) is 11.5. The van der Waals surface area contributed by atoms with Crippen LogP contribution in [0.25, 0.3) is 0 Å². The van der Waals surface area contributed by atoms with Crippen LogP contribution in [-0.2, 0) is 10.0 Å². The maximum absolute atomic E-state index is 12.9. The third-order valence-corrected chi connectivity index (χ3v) is 8.53. The number of aryl methyl sites for hydroxylation is 1. The van der Waals surface area contributed by atoms with Gasteiger partial charge < -0.3 is 0 Å². The first kappa shape index (κ1) is 17.6. The number of aliphatic hydroxyl groups is 1. The first-order valence-corrected chi connectivity index (χ1v) is 11.4. The molecule has 4 nitrogen and oxygen atoms in total. The maximum atomic E-state index is 12.9. The molecule has 0 aliphatic carbocycles. The van der Waals surface area contributed by atoms with Crippen LogP contribution >= 0.6 is 0 Å². The van der Waals surface area contributed by atoms with Gasteiger partial charge in [0, 0.05) is 0 Å². The summed E-state index contributed by atoms with van der Waals surface area (Å²) in [5.74, 6) is 0. The van der Waals surface area contributed by atoms with Crippen LogP contribution in [0, 0.1) is 6.92 Å². The molecular weight excluding hydrogens is 389 g/mol. The normalized spacial score (nSPS) is 21.9. The minimum atomic E-state index is -3.56. The van der Waals surface area contributed by atoms with E-state index in [4.69, 9.17) is 0 Å². The Kier molecular flexibility index (Phi) is 5.42. The fraction of sp³-hybridized carbons (Fsp3) is 0.333. The van der Waals surface area contributed by atoms with Crippen LogP contribution in [0.5, 0.6) is 0 Å². The second-order valence-corrected chi connectivity index (χ2v) is 10.2. The van der Waals surface area contributed by atoms with E-state index in [-0.39, 0.29) is 21.0 Å². The molecule has 1 aliphatic heterocycles. The topological polar surface area (TPSA) is 57.6 Å². The van der Waals surface area contributed by atoms with Crippen molar-refractivity contribution in [2.75, 3.05) is 6.54 Å². The fourth-order valence-corrected chi connectivity index (χ4v) is 7.07. The van der Waals surface area contributed by atoms with Gasteiger partial charge in [0.2, 0.25) is 0 Å². The van der Waals surface area contributed by atoms with E-state index in [1.807, 2.05) is 37.3 Å². The average molecular weight is 410 g/mol. The molecule has 0 bridgehead atoms. The predicted octanol–water partition coefficient (Wildman–Crippen LogP) is 1.57. The van der Waals surface area contributed by atoms with Gasteiger partial charge in [0.1, 0.15) is 0 Å². The van der Waals surface area contributed by atoms with Crippen LogP contribution in [0.2, 0.25) is 5.32 Å². The van der Waals surface area contributed by atoms with E-state index in [1.54, 1.807) is 12.1 Å². The second-order valence-electron chi connectivity index (χ2n) is 5.98. The van der Waals surface area contributed by atoms with Gasteiger partial charge in [0.15, 0.2) is 0 Å². The Morgan fingerprint density at radius 2 is 1.79 bits per heavy atom. The average Bonchev–Trinajstić information content (AvgIpc) is 2.96. The van der Waals surface area contributed by atoms with E-state index in [1.165, 1.54) is 8.77 Å². The molecule has 1 aliphatic rings. The van der Waals surface area contributed by atoms with Crippen LogP contribution in [0.15, 0.2) is 59.5 Å². The van der Waals surface area contributed by atoms with Crippen molar-refractivity contribution in [3.8, 4) is 0 Å². The molecule has 24 heavy (non-hydrogen) atoms. The van der Waals surface area contributed by atoms with Crippen molar-refractivity contribution in [3.05, 3.63) is 60.2 Å². The van der Waals surface area contributed by atoms with Crippen LogP contribution in [0.4, 0.5) is 0 Å². The summed E-state index contributed by atoms with van der Waals surface area (Å²) in [6.07, 6.45) is -0.0866. The Hall–Kier alpha value is -1.17. The zero-order valence-corrected chi connectivity index (χ0v) is 16.0. The molecule has 1 saturated heterocycles. The molecule has 3 rings (SSSR count). The minimum absolute atomic E-state index is 0.137. The SMILES string of the molecule is Cc1ccc(S(=O)(=O)N2CC[C@@H](O)[C@H]2C[Se]c2ccccc2)cc1. The van der Waals surface area contributed by atoms with Crippen LogP contribution in [-0.4, -0.2) is 51.5 Å². The van der Waals surface area contributed by atoms with Gasteiger partial charge in [-0.25, -0.2) is 0 Å². The zero-order chi connectivity index (χ0) is 17.2. The van der Waals surface area contributed by atoms with E-state index in [9.17, 15) is 13.5 Å². The molecule has 2 aromatic rings. The molecule has 0 radical (unpaired) electrons. The van der Waals surface area contributed by atoms with Crippen molar-refractivity contribution in [2.24, 2.45) is 0 Å². The number of rotatable bonds is 5. The van der Waals surface area contributed by atoms with Crippen molar-refractivity contribution >= 4 is 29.4 Å². The molecule has 128 valence electrons. The number of hydrogen-bond donors (Lipinski definition) is 1. The van der Waals surface area contributed by atoms with Crippen LogP contribution in [0.3, 0.4) is 0 Å². The van der Waals surface area contributed by atoms with Crippen molar-refractivity contribution in [3.63, 3.8) is 0 Å². The Balaban J connectivity index is 1.79. The standard InChI is InChI=1S/C18H21NO3SSe/c1-14-7-9-15(10-8-14)23(21,22)19-12-11-18(20)17(19)13-24-16-5-3-2-4-6-16/h2-10,17-18,20H,11-13H2,1H3/t17-,18-/m1/s1. The van der Waals surface area contributed by atoms with Gasteiger partial charge in [-0.3, -0.25) is 0 Å². The third-order valence-electron chi connectivity index (χ3n) is 4.25. The molecule has 1 N–H and O–H groups in total. The van der Waals surface area contributed by atoms with Gasteiger partial charge in [-0.1, -0.05) is 0 Å². The summed E-state index contributed by atoms with van der Waals surface area (Å²) >= 11 is 0.137. The summed E-state index contributed by atoms with van der Waals surface area (Å²) in [6.45, 7) is 2.31. The van der Waals surface area contributed by atoms with Gasteiger partial charge in [0.05, 0.1) is 0 Å². The Labute approximate surface area is 149 Å². The number of nitrogens with zero attached hydrogens (tertiary/aromatic N) is 1. The Morgan fingerprint density at radius 1 is 1.12 bits per heavy atom. The number of sulfonamides is 1. The summed E-state index contributed by atoms with van der Waals surface area (Å²) in [6, 6.07) is 16.6. The van der Waals surface area contributed by atoms with Crippen molar-refractivity contribution < 1.29 is 13.5 Å². The third kappa shape index (κ3) is 3.73. The van der Waals surface area contributed by atoms with Gasteiger partial charge in [-0.15, -0.1) is 0 Å². The molecule has 2 atom stereocenters. The first-order valence-electron chi connectivity index (χ1n) is 7.93. The number of hydrogen-bond acceptors (Lipinski definition) is 3. The van der Waals surface area contributed by atoms with Gasteiger partial charge in [0.25, 0.3) is 0 Å². The van der Waals surface area contributed by atoms with E-state index in [2.05, 4.69) is 12.1 Å². The molecule has 6 heteroatoms. The molecule has 1 heterocycles. The number of benzene rings is 2. The van der Waals surface area contributed by atoms with Crippen molar-refractivity contribution in [1.82, 2.24) is 4.31 Å². The quantitative estimate of drug-likeness (QED) is 0.762. The van der Waals surface area contributed by atoms with Gasteiger partial charge in [-0.05, 0) is 0 Å². The van der Waals surface area contributed by atoms with Gasteiger partial charge >= 0.3 is 150 Å². The molecule has 0 spiro atoms. The molecule has 0 unspecified atom stereocenters. The summed E-state index contributed by atoms with van der Waals surface area (Å²) < 4.78 is 28.6. The molecule has 0 saturated carbocycles. The molecule has 0 amide bonds.